The molecule has 1 amide bonds. The molecule has 0 aromatic carbocycles. The number of carboxylic acid groups (broad SMARTS) is 1. The highest BCUT2D eigenvalue weighted by atomic mass is 32.2. The van der Waals surface area contributed by atoms with Crippen LogP contribution in [0, 0.1) is 6.92 Å². The summed E-state index contributed by atoms with van der Waals surface area (Å²) in [6.45, 7) is 3.03. The Labute approximate surface area is 124 Å². The topological polar surface area (TPSA) is 88.5 Å². The number of carbonyl (C=O) groups excluding carboxylic acids is 1. The van der Waals surface area contributed by atoms with Crippen molar-refractivity contribution >= 4 is 35.0 Å². The summed E-state index contributed by atoms with van der Waals surface area (Å²) in [5, 5.41) is 11.9. The molecule has 1 aliphatic rings. The van der Waals surface area contributed by atoms with Gasteiger partial charge in [0.2, 0.25) is 5.91 Å². The van der Waals surface area contributed by atoms with Gasteiger partial charge in [0.1, 0.15) is 4.88 Å². The molecule has 110 valence electrons. The van der Waals surface area contributed by atoms with E-state index < -0.39 is 5.97 Å². The van der Waals surface area contributed by atoms with Crippen LogP contribution in [0.3, 0.4) is 0 Å². The Hall–Kier alpha value is -1.12. The van der Waals surface area contributed by atoms with Crippen molar-refractivity contribution in [2.24, 2.45) is 0 Å². The summed E-state index contributed by atoms with van der Waals surface area (Å²) < 4.78 is 5.84. The van der Waals surface area contributed by atoms with E-state index in [1.807, 2.05) is 0 Å². The molecular weight excluding hydrogens is 300 g/mol. The molecule has 0 radical (unpaired) electrons. The van der Waals surface area contributed by atoms with Crippen LogP contribution in [0.5, 0.6) is 0 Å². The molecule has 6 nitrogen and oxygen atoms in total. The van der Waals surface area contributed by atoms with Crippen LogP contribution in [-0.4, -0.2) is 47.0 Å². The van der Waals surface area contributed by atoms with Crippen molar-refractivity contribution in [1.29, 1.82) is 0 Å². The van der Waals surface area contributed by atoms with Crippen molar-refractivity contribution in [3.05, 3.63) is 10.6 Å². The minimum Gasteiger partial charge on any atom is -0.477 e. The van der Waals surface area contributed by atoms with E-state index >= 15 is 0 Å². The summed E-state index contributed by atoms with van der Waals surface area (Å²) in [4.78, 5) is 27.1. The Morgan fingerprint density at radius 3 is 2.80 bits per heavy atom. The highest BCUT2D eigenvalue weighted by Crippen LogP contribution is 2.27. The van der Waals surface area contributed by atoms with Gasteiger partial charge < -0.3 is 15.2 Å². The van der Waals surface area contributed by atoms with Gasteiger partial charge in [0, 0.05) is 19.3 Å². The molecule has 0 atom stereocenters. The monoisotopic (exact) mass is 316 g/mol. The first-order valence-corrected chi connectivity index (χ1v) is 8.07. The predicted octanol–water partition coefficient (Wildman–Crippen LogP) is 1.54. The fourth-order valence-corrected chi connectivity index (χ4v) is 3.71. The summed E-state index contributed by atoms with van der Waals surface area (Å²) in [6.07, 6.45) is 1.69. The summed E-state index contributed by atoms with van der Waals surface area (Å²) in [5.41, 5.74) is 0.495. The number of nitrogens with zero attached hydrogens (tertiary/aromatic N) is 1. The van der Waals surface area contributed by atoms with E-state index in [2.05, 4.69) is 10.3 Å². The van der Waals surface area contributed by atoms with E-state index in [1.54, 1.807) is 6.92 Å². The van der Waals surface area contributed by atoms with E-state index in [0.717, 1.165) is 24.2 Å². The molecule has 1 aromatic heterocycles. The number of thiazole rings is 1. The Morgan fingerprint density at radius 1 is 1.50 bits per heavy atom. The van der Waals surface area contributed by atoms with E-state index in [-0.39, 0.29) is 22.6 Å². The van der Waals surface area contributed by atoms with Gasteiger partial charge in [-0.2, -0.15) is 0 Å². The number of aromatic carboxylic acids is 1. The number of hydrogen-bond donors (Lipinski definition) is 2. The van der Waals surface area contributed by atoms with Crippen molar-refractivity contribution in [2.45, 2.75) is 30.1 Å². The Kier molecular flexibility index (Phi) is 5.38. The lowest BCUT2D eigenvalue weighted by atomic mass is 10.1. The van der Waals surface area contributed by atoms with Crippen molar-refractivity contribution in [3.8, 4) is 0 Å². The number of rotatable bonds is 5. The molecule has 0 aliphatic carbocycles. The molecule has 0 saturated carbocycles. The molecule has 2 heterocycles. The van der Waals surface area contributed by atoms with Crippen molar-refractivity contribution in [1.82, 2.24) is 10.3 Å². The van der Waals surface area contributed by atoms with Crippen LogP contribution in [0.25, 0.3) is 0 Å². The second kappa shape index (κ2) is 7.05. The number of amides is 1. The van der Waals surface area contributed by atoms with E-state index in [1.165, 1.54) is 11.8 Å². The molecule has 0 spiro atoms. The first-order chi connectivity index (χ1) is 9.56. The number of aromatic nitrogens is 1. The van der Waals surface area contributed by atoms with Crippen LogP contribution in [0.1, 0.15) is 28.2 Å². The molecule has 8 heteroatoms. The molecule has 2 rings (SSSR count). The van der Waals surface area contributed by atoms with Crippen LogP contribution in [0.15, 0.2) is 4.34 Å². The number of thioether (sulfide) groups is 1. The van der Waals surface area contributed by atoms with Crippen LogP contribution < -0.4 is 5.32 Å². The summed E-state index contributed by atoms with van der Waals surface area (Å²) in [7, 11) is 0. The SMILES string of the molecule is Cc1nc(SCC(=O)NC2CCOCC2)sc1C(=O)O. The molecular formula is C12H16N2O4S2. The highest BCUT2D eigenvalue weighted by molar-refractivity contribution is 8.01. The maximum atomic E-state index is 11.8. The maximum absolute atomic E-state index is 11.8. The molecule has 1 aliphatic heterocycles. The molecule has 0 bridgehead atoms. The summed E-state index contributed by atoms with van der Waals surface area (Å²) in [5.74, 6) is -0.770. The van der Waals surface area contributed by atoms with Gasteiger partial charge in [-0.3, -0.25) is 4.79 Å². The summed E-state index contributed by atoms with van der Waals surface area (Å²) in [6, 6.07) is 0.185. The average Bonchev–Trinajstić information content (AvgIpc) is 2.79. The van der Waals surface area contributed by atoms with Gasteiger partial charge in [-0.05, 0) is 19.8 Å². The van der Waals surface area contributed by atoms with E-state index in [0.29, 0.717) is 23.2 Å². The third kappa shape index (κ3) is 4.19. The van der Waals surface area contributed by atoms with Crippen LogP contribution in [0.4, 0.5) is 0 Å². The number of nitrogens with one attached hydrogen (secondary N) is 1. The average molecular weight is 316 g/mol. The van der Waals surface area contributed by atoms with Crippen LogP contribution >= 0.6 is 23.1 Å². The maximum Gasteiger partial charge on any atom is 0.347 e. The normalized spacial score (nSPS) is 16.1. The van der Waals surface area contributed by atoms with Crippen LogP contribution in [0.2, 0.25) is 0 Å². The quantitative estimate of drug-likeness (QED) is 0.801. The Morgan fingerprint density at radius 2 is 2.20 bits per heavy atom. The van der Waals surface area contributed by atoms with Gasteiger partial charge in [-0.25, -0.2) is 9.78 Å². The number of carboxylic acids is 1. The molecule has 1 aromatic rings. The third-order valence-corrected chi connectivity index (χ3v) is 5.17. The Bertz CT molecular complexity index is 498. The van der Waals surface area contributed by atoms with E-state index in [9.17, 15) is 9.59 Å². The number of carbonyl (C=O) groups is 2. The fourth-order valence-electron chi connectivity index (χ4n) is 1.87. The zero-order chi connectivity index (χ0) is 14.5. The van der Waals surface area contributed by atoms with Crippen molar-refractivity contribution < 1.29 is 19.4 Å². The molecule has 0 unspecified atom stereocenters. The second-order valence-electron chi connectivity index (χ2n) is 4.44. The zero-order valence-corrected chi connectivity index (χ0v) is 12.7. The molecule has 1 saturated heterocycles. The smallest absolute Gasteiger partial charge is 0.347 e. The molecule has 20 heavy (non-hydrogen) atoms. The third-order valence-electron chi connectivity index (χ3n) is 2.88. The van der Waals surface area contributed by atoms with Gasteiger partial charge in [-0.15, -0.1) is 11.3 Å². The predicted molar refractivity (Wildman–Crippen MR) is 76.5 cm³/mol. The van der Waals surface area contributed by atoms with Gasteiger partial charge in [-0.1, -0.05) is 11.8 Å². The van der Waals surface area contributed by atoms with Gasteiger partial charge in [0.15, 0.2) is 4.34 Å². The second-order valence-corrected chi connectivity index (χ2v) is 6.66. The number of ether oxygens (including phenoxy) is 1. The first kappa shape index (κ1) is 15.3. The largest absolute Gasteiger partial charge is 0.477 e. The van der Waals surface area contributed by atoms with E-state index in [4.69, 9.17) is 9.84 Å². The van der Waals surface area contributed by atoms with Crippen LogP contribution in [-0.2, 0) is 9.53 Å². The minimum atomic E-state index is -0.974. The number of aryl methyl sites for hydroxylation is 1. The van der Waals surface area contributed by atoms with Gasteiger partial charge in [0.25, 0.3) is 0 Å². The standard InChI is InChI=1S/C12H16N2O4S2/c1-7-10(11(16)17)20-12(13-7)19-6-9(15)14-8-2-4-18-5-3-8/h8H,2-6H2,1H3,(H,14,15)(H,16,17). The lowest BCUT2D eigenvalue weighted by Gasteiger charge is -2.22. The lowest BCUT2D eigenvalue weighted by Crippen LogP contribution is -2.39. The zero-order valence-electron chi connectivity index (χ0n) is 11.0. The number of hydrogen-bond acceptors (Lipinski definition) is 6. The molecule has 1 fully saturated rings. The van der Waals surface area contributed by atoms with Crippen molar-refractivity contribution in [2.75, 3.05) is 19.0 Å². The Balaban J connectivity index is 1.80. The fraction of sp³-hybridized carbons (Fsp3) is 0.583. The minimum absolute atomic E-state index is 0.0494. The van der Waals surface area contributed by atoms with Gasteiger partial charge in [0.05, 0.1) is 11.4 Å². The highest BCUT2D eigenvalue weighted by Gasteiger charge is 2.18. The van der Waals surface area contributed by atoms with Gasteiger partial charge >= 0.3 is 5.97 Å². The van der Waals surface area contributed by atoms with Crippen molar-refractivity contribution in [3.63, 3.8) is 0 Å². The lowest BCUT2D eigenvalue weighted by molar-refractivity contribution is -0.119. The molecule has 2 N–H and O–H groups in total. The summed E-state index contributed by atoms with van der Waals surface area (Å²) >= 11 is 2.38. The first-order valence-electron chi connectivity index (χ1n) is 6.27.